The van der Waals surface area contributed by atoms with Crippen molar-refractivity contribution in [1.82, 2.24) is 19.7 Å². The predicted octanol–water partition coefficient (Wildman–Crippen LogP) is 6.82. The number of carbonyl (C=O) groups is 2. The van der Waals surface area contributed by atoms with Crippen LogP contribution in [0.15, 0.2) is 48.7 Å². The first-order valence-electron chi connectivity index (χ1n) is 15.3. The minimum Gasteiger partial charge on any atom is -0.489 e. The highest BCUT2D eigenvalue weighted by Gasteiger charge is 2.35. The second kappa shape index (κ2) is 12.3. The van der Waals surface area contributed by atoms with Crippen LogP contribution < -0.4 is 4.74 Å². The number of carboxylic acid groups (broad SMARTS) is 1. The Hall–Kier alpha value is -3.98. The normalized spacial score (nSPS) is 15.6. The monoisotopic (exact) mass is 598 g/mol. The van der Waals surface area contributed by atoms with Crippen LogP contribution in [-0.2, 0) is 24.2 Å². The summed E-state index contributed by atoms with van der Waals surface area (Å²) in [5, 5.41) is 13.9. The third-order valence-electron chi connectivity index (χ3n) is 8.61. The highest BCUT2D eigenvalue weighted by atomic mass is 32.1. The molecule has 1 saturated carbocycles. The molecule has 224 valence electrons. The molecule has 43 heavy (non-hydrogen) atoms. The fraction of sp³-hybridized carbons (Fsp3) is 0.412. The molecule has 1 N–H and O–H groups in total. The third kappa shape index (κ3) is 6.09. The number of amides is 1. The summed E-state index contributed by atoms with van der Waals surface area (Å²) in [6.07, 6.45) is 7.02. The molecule has 0 radical (unpaired) electrons. The lowest BCUT2D eigenvalue weighted by molar-refractivity contribution is -0.133. The number of benzene rings is 1. The second-order valence-corrected chi connectivity index (χ2v) is 12.8. The van der Waals surface area contributed by atoms with Crippen LogP contribution in [0.3, 0.4) is 0 Å². The first kappa shape index (κ1) is 29.1. The highest BCUT2D eigenvalue weighted by molar-refractivity contribution is 7.15. The number of aromatic nitrogens is 3. The van der Waals surface area contributed by atoms with E-state index in [2.05, 4.69) is 48.1 Å². The molecule has 1 aliphatic carbocycles. The Morgan fingerprint density at radius 2 is 1.81 bits per heavy atom. The van der Waals surface area contributed by atoms with Gasteiger partial charge in [-0.05, 0) is 92.8 Å². The van der Waals surface area contributed by atoms with Gasteiger partial charge in [-0.25, -0.2) is 14.5 Å². The van der Waals surface area contributed by atoms with Crippen molar-refractivity contribution in [3.05, 3.63) is 81.5 Å². The van der Waals surface area contributed by atoms with Gasteiger partial charge in [-0.1, -0.05) is 26.0 Å². The fourth-order valence-electron chi connectivity index (χ4n) is 6.19. The molecule has 1 amide bonds. The molecule has 9 heteroatoms. The van der Waals surface area contributed by atoms with E-state index in [4.69, 9.17) is 9.72 Å². The summed E-state index contributed by atoms with van der Waals surface area (Å²) in [5.41, 5.74) is 5.38. The quantitative estimate of drug-likeness (QED) is 0.215. The smallest absolute Gasteiger partial charge is 0.339 e. The SMILES string of the molecule is CCc1cc(OCc2cc(C)sc2-c2cccc(-n3ncc(C(=O)O)c3CC)n2)ccc1C1CCN(C(=O)C2CC2)CC1. The van der Waals surface area contributed by atoms with Gasteiger partial charge in [0.15, 0.2) is 5.82 Å². The minimum atomic E-state index is -0.988. The predicted molar refractivity (Wildman–Crippen MR) is 167 cm³/mol. The van der Waals surface area contributed by atoms with Gasteiger partial charge < -0.3 is 14.7 Å². The summed E-state index contributed by atoms with van der Waals surface area (Å²) in [4.78, 5) is 33.3. The van der Waals surface area contributed by atoms with E-state index in [1.165, 1.54) is 22.2 Å². The zero-order chi connectivity index (χ0) is 30.1. The van der Waals surface area contributed by atoms with Crippen molar-refractivity contribution in [2.75, 3.05) is 13.1 Å². The van der Waals surface area contributed by atoms with Crippen molar-refractivity contribution in [1.29, 1.82) is 0 Å². The number of aromatic carboxylic acids is 1. The van der Waals surface area contributed by atoms with Crippen molar-refractivity contribution in [2.45, 2.75) is 71.8 Å². The molecule has 1 aromatic carbocycles. The average molecular weight is 599 g/mol. The number of likely N-dealkylation sites (tertiary alicyclic amines) is 1. The number of nitrogens with zero attached hydrogens (tertiary/aromatic N) is 4. The minimum absolute atomic E-state index is 0.197. The fourth-order valence-corrected chi connectivity index (χ4v) is 7.18. The van der Waals surface area contributed by atoms with Gasteiger partial charge in [0.1, 0.15) is 17.9 Å². The van der Waals surface area contributed by atoms with E-state index >= 15 is 0 Å². The van der Waals surface area contributed by atoms with Gasteiger partial charge in [0.2, 0.25) is 5.91 Å². The zero-order valence-electron chi connectivity index (χ0n) is 25.0. The summed E-state index contributed by atoms with van der Waals surface area (Å²) < 4.78 is 7.98. The molecular formula is C34H38N4O4S. The molecule has 2 aliphatic rings. The van der Waals surface area contributed by atoms with E-state index in [0.29, 0.717) is 42.3 Å². The Balaban J connectivity index is 1.17. The number of ether oxygens (including phenoxy) is 1. The van der Waals surface area contributed by atoms with Gasteiger partial charge in [0.05, 0.1) is 22.5 Å². The van der Waals surface area contributed by atoms with Crippen molar-refractivity contribution in [2.24, 2.45) is 5.92 Å². The number of piperidine rings is 1. The molecule has 4 aromatic rings. The van der Waals surface area contributed by atoms with Gasteiger partial charge in [-0.2, -0.15) is 5.10 Å². The van der Waals surface area contributed by atoms with Gasteiger partial charge in [0.25, 0.3) is 0 Å². The number of pyridine rings is 1. The summed E-state index contributed by atoms with van der Waals surface area (Å²) >= 11 is 1.67. The van der Waals surface area contributed by atoms with Crippen LogP contribution in [0.25, 0.3) is 16.4 Å². The topological polar surface area (TPSA) is 97.6 Å². The summed E-state index contributed by atoms with van der Waals surface area (Å²) in [5.74, 6) is 1.59. The van der Waals surface area contributed by atoms with E-state index in [9.17, 15) is 14.7 Å². The average Bonchev–Trinajstić information content (AvgIpc) is 3.67. The Morgan fingerprint density at radius 3 is 2.51 bits per heavy atom. The van der Waals surface area contributed by atoms with Crippen molar-refractivity contribution in [3.63, 3.8) is 0 Å². The molecule has 4 heterocycles. The number of carbonyl (C=O) groups excluding carboxylic acids is 1. The van der Waals surface area contributed by atoms with Gasteiger partial charge in [0, 0.05) is 29.4 Å². The summed E-state index contributed by atoms with van der Waals surface area (Å²) in [6.45, 7) is 8.32. The lowest BCUT2D eigenvalue weighted by Gasteiger charge is -2.33. The van der Waals surface area contributed by atoms with Crippen LogP contribution in [0.2, 0.25) is 0 Å². The van der Waals surface area contributed by atoms with Crippen LogP contribution in [0.5, 0.6) is 5.75 Å². The maximum atomic E-state index is 12.5. The number of hydrogen-bond donors (Lipinski definition) is 1. The van der Waals surface area contributed by atoms with Gasteiger partial charge in [-0.15, -0.1) is 11.3 Å². The third-order valence-corrected chi connectivity index (χ3v) is 9.73. The van der Waals surface area contributed by atoms with E-state index in [1.807, 2.05) is 25.1 Å². The van der Waals surface area contributed by atoms with Gasteiger partial charge >= 0.3 is 5.97 Å². The largest absolute Gasteiger partial charge is 0.489 e. The van der Waals surface area contributed by atoms with Crippen molar-refractivity contribution < 1.29 is 19.4 Å². The number of hydrogen-bond acceptors (Lipinski definition) is 6. The van der Waals surface area contributed by atoms with E-state index in [-0.39, 0.29) is 5.56 Å². The van der Waals surface area contributed by atoms with Crippen LogP contribution in [0.4, 0.5) is 0 Å². The first-order chi connectivity index (χ1) is 20.9. The lowest BCUT2D eigenvalue weighted by atomic mass is 9.85. The number of rotatable bonds is 10. The molecule has 6 rings (SSSR count). The van der Waals surface area contributed by atoms with Crippen LogP contribution >= 0.6 is 11.3 Å². The maximum Gasteiger partial charge on any atom is 0.339 e. The second-order valence-electron chi connectivity index (χ2n) is 11.5. The Labute approximate surface area is 256 Å². The first-order valence-corrected chi connectivity index (χ1v) is 16.1. The summed E-state index contributed by atoms with van der Waals surface area (Å²) in [7, 11) is 0. The molecule has 0 spiro atoms. The molecule has 1 aliphatic heterocycles. The molecule has 0 bridgehead atoms. The highest BCUT2D eigenvalue weighted by Crippen LogP contribution is 2.37. The lowest BCUT2D eigenvalue weighted by Crippen LogP contribution is -2.38. The van der Waals surface area contributed by atoms with Crippen molar-refractivity contribution in [3.8, 4) is 22.1 Å². The number of carboxylic acids is 1. The summed E-state index contributed by atoms with van der Waals surface area (Å²) in [6, 6.07) is 14.4. The molecule has 2 fully saturated rings. The molecule has 3 aromatic heterocycles. The van der Waals surface area contributed by atoms with Crippen LogP contribution in [0, 0.1) is 12.8 Å². The standard InChI is InChI=1S/C34H38N4O4S/c1-4-22-18-26(11-12-27(22)23-13-15-37(16-14-23)33(39)24-9-10-24)42-20-25-17-21(3)43-32(25)29-7-6-8-31(36-29)38-30(5-2)28(19-35-38)34(40)41/h6-8,11-12,17-19,23-24H,4-5,9-10,13-16,20H2,1-3H3,(H,40,41). The van der Waals surface area contributed by atoms with E-state index < -0.39 is 5.97 Å². The molecule has 8 nitrogen and oxygen atoms in total. The molecule has 0 unspecified atom stereocenters. The van der Waals surface area contributed by atoms with Gasteiger partial charge in [-0.3, -0.25) is 4.79 Å². The van der Waals surface area contributed by atoms with Crippen molar-refractivity contribution >= 4 is 23.2 Å². The number of thiophene rings is 1. The molecule has 0 atom stereocenters. The zero-order valence-corrected chi connectivity index (χ0v) is 25.8. The Morgan fingerprint density at radius 1 is 1.02 bits per heavy atom. The maximum absolute atomic E-state index is 12.5. The molecular weight excluding hydrogens is 560 g/mol. The van der Waals surface area contributed by atoms with E-state index in [1.54, 1.807) is 16.0 Å². The Bertz CT molecular complexity index is 1650. The van der Waals surface area contributed by atoms with E-state index in [0.717, 1.165) is 67.1 Å². The number of aryl methyl sites for hydroxylation is 2. The Kier molecular flexibility index (Phi) is 8.34. The van der Waals surface area contributed by atoms with Crippen LogP contribution in [0.1, 0.15) is 83.1 Å². The van der Waals surface area contributed by atoms with Crippen LogP contribution in [-0.4, -0.2) is 49.7 Å². The molecule has 1 saturated heterocycles.